The van der Waals surface area contributed by atoms with Crippen LogP contribution < -0.4 is 0 Å². The van der Waals surface area contributed by atoms with E-state index in [1.807, 2.05) is 0 Å². The molecule has 0 atom stereocenters. The Labute approximate surface area is 75.0 Å². The second-order valence-electron chi connectivity index (χ2n) is 2.43. The number of hydrogen-bond acceptors (Lipinski definition) is 5. The van der Waals surface area contributed by atoms with E-state index in [-0.39, 0.29) is 13.2 Å². The van der Waals surface area contributed by atoms with E-state index in [2.05, 4.69) is 10.1 Å². The first-order valence-corrected chi connectivity index (χ1v) is 3.68. The quantitative estimate of drug-likeness (QED) is 0.345. The molecule has 0 aromatic carbocycles. The van der Waals surface area contributed by atoms with E-state index in [9.17, 15) is 0 Å². The molecule has 0 spiro atoms. The molecule has 1 heterocycles. The molecule has 1 aromatic rings. The van der Waals surface area contributed by atoms with Gasteiger partial charge in [0.05, 0.1) is 19.4 Å². The first-order chi connectivity index (χ1) is 6.33. The molecule has 70 valence electrons. The number of oxime groups is 1. The Morgan fingerprint density at radius 2 is 1.77 bits per heavy atom. The summed E-state index contributed by atoms with van der Waals surface area (Å²) in [5.41, 5.74) is 1.54. The zero-order valence-electron chi connectivity index (χ0n) is 6.88. The van der Waals surface area contributed by atoms with Crippen LogP contribution in [0.3, 0.4) is 0 Å². The first-order valence-electron chi connectivity index (χ1n) is 3.68. The number of pyridine rings is 1. The number of rotatable bonds is 3. The molecule has 0 amide bonds. The monoisotopic (exact) mass is 182 g/mol. The first kappa shape index (κ1) is 9.63. The Bertz CT molecular complexity index is 290. The predicted molar refractivity (Wildman–Crippen MR) is 45.5 cm³/mol. The van der Waals surface area contributed by atoms with Crippen molar-refractivity contribution in [2.75, 3.05) is 0 Å². The number of aliphatic hydroxyl groups is 2. The minimum absolute atomic E-state index is 0.206. The van der Waals surface area contributed by atoms with Gasteiger partial charge in [-0.25, -0.2) is 0 Å². The molecule has 1 rings (SSSR count). The van der Waals surface area contributed by atoms with Gasteiger partial charge in [0.1, 0.15) is 0 Å². The zero-order valence-corrected chi connectivity index (χ0v) is 6.88. The van der Waals surface area contributed by atoms with Gasteiger partial charge in [0, 0.05) is 29.1 Å². The van der Waals surface area contributed by atoms with Gasteiger partial charge >= 0.3 is 0 Å². The Morgan fingerprint density at radius 3 is 2.15 bits per heavy atom. The fourth-order valence-corrected chi connectivity index (χ4v) is 1.04. The van der Waals surface area contributed by atoms with Crippen LogP contribution in [0.2, 0.25) is 0 Å². The normalized spacial score (nSPS) is 10.9. The molecule has 0 aliphatic carbocycles. The number of aromatic nitrogens is 1. The van der Waals surface area contributed by atoms with Gasteiger partial charge in [0.15, 0.2) is 0 Å². The average Bonchev–Trinajstić information content (AvgIpc) is 2.18. The van der Waals surface area contributed by atoms with Gasteiger partial charge in [-0.05, 0) is 0 Å². The molecule has 1 aromatic heterocycles. The van der Waals surface area contributed by atoms with Crippen LogP contribution in [0.15, 0.2) is 17.5 Å². The summed E-state index contributed by atoms with van der Waals surface area (Å²) in [6.07, 6.45) is 4.07. The highest BCUT2D eigenvalue weighted by Gasteiger charge is 2.05. The maximum atomic E-state index is 8.90. The fourth-order valence-electron chi connectivity index (χ4n) is 1.04. The molecule has 0 radical (unpaired) electrons. The topological polar surface area (TPSA) is 85.9 Å². The van der Waals surface area contributed by atoms with Crippen LogP contribution in [-0.4, -0.2) is 26.6 Å². The molecule has 0 bridgehead atoms. The zero-order chi connectivity index (χ0) is 9.68. The van der Waals surface area contributed by atoms with Crippen LogP contribution in [-0.2, 0) is 13.2 Å². The van der Waals surface area contributed by atoms with Crippen LogP contribution in [0, 0.1) is 0 Å². The van der Waals surface area contributed by atoms with Crippen molar-refractivity contribution in [2.45, 2.75) is 13.2 Å². The van der Waals surface area contributed by atoms with Crippen molar-refractivity contribution in [1.82, 2.24) is 4.98 Å². The number of nitrogens with zero attached hydrogens (tertiary/aromatic N) is 2. The largest absolute Gasteiger partial charge is 0.411 e. The molecule has 0 fully saturated rings. The van der Waals surface area contributed by atoms with Crippen molar-refractivity contribution in [3.63, 3.8) is 0 Å². The average molecular weight is 182 g/mol. The lowest BCUT2D eigenvalue weighted by Gasteiger charge is -2.05. The van der Waals surface area contributed by atoms with E-state index >= 15 is 0 Å². The lowest BCUT2D eigenvalue weighted by molar-refractivity contribution is 0.274. The smallest absolute Gasteiger partial charge is 0.0742 e. The fraction of sp³-hybridized carbons (Fsp3) is 0.250. The van der Waals surface area contributed by atoms with Gasteiger partial charge < -0.3 is 15.4 Å². The van der Waals surface area contributed by atoms with E-state index in [0.29, 0.717) is 16.7 Å². The van der Waals surface area contributed by atoms with Gasteiger partial charge in [-0.15, -0.1) is 0 Å². The van der Waals surface area contributed by atoms with E-state index in [0.717, 1.165) is 0 Å². The van der Waals surface area contributed by atoms with Gasteiger partial charge in [-0.2, -0.15) is 0 Å². The van der Waals surface area contributed by atoms with Crippen LogP contribution in [0.1, 0.15) is 16.7 Å². The highest BCUT2D eigenvalue weighted by molar-refractivity contribution is 5.83. The Balaban J connectivity index is 3.21. The van der Waals surface area contributed by atoms with Gasteiger partial charge in [0.25, 0.3) is 0 Å². The number of aliphatic hydroxyl groups excluding tert-OH is 2. The van der Waals surface area contributed by atoms with Crippen LogP contribution in [0.4, 0.5) is 0 Å². The molecule has 0 aliphatic heterocycles. The SMILES string of the molecule is OCc1cncc(CO)c1/C=N/O. The van der Waals surface area contributed by atoms with Crippen molar-refractivity contribution >= 4 is 6.21 Å². The Kier molecular flexibility index (Phi) is 3.36. The third-order valence-corrected chi connectivity index (χ3v) is 1.68. The third-order valence-electron chi connectivity index (χ3n) is 1.68. The Morgan fingerprint density at radius 1 is 1.23 bits per heavy atom. The molecule has 5 nitrogen and oxygen atoms in total. The molecular weight excluding hydrogens is 172 g/mol. The molecule has 0 saturated carbocycles. The summed E-state index contributed by atoms with van der Waals surface area (Å²) in [5.74, 6) is 0. The molecule has 3 N–H and O–H groups in total. The molecule has 0 saturated heterocycles. The second-order valence-corrected chi connectivity index (χ2v) is 2.43. The van der Waals surface area contributed by atoms with Gasteiger partial charge in [-0.3, -0.25) is 4.98 Å². The summed E-state index contributed by atoms with van der Waals surface area (Å²) in [7, 11) is 0. The Hall–Kier alpha value is -1.46. The van der Waals surface area contributed by atoms with Crippen LogP contribution >= 0.6 is 0 Å². The third kappa shape index (κ3) is 2.01. The minimum Gasteiger partial charge on any atom is -0.411 e. The summed E-state index contributed by atoms with van der Waals surface area (Å²) < 4.78 is 0. The van der Waals surface area contributed by atoms with Crippen molar-refractivity contribution in [3.05, 3.63) is 29.1 Å². The van der Waals surface area contributed by atoms with Crippen LogP contribution in [0.25, 0.3) is 0 Å². The molecule has 5 heteroatoms. The van der Waals surface area contributed by atoms with Crippen molar-refractivity contribution in [1.29, 1.82) is 0 Å². The van der Waals surface area contributed by atoms with Crippen molar-refractivity contribution in [3.8, 4) is 0 Å². The van der Waals surface area contributed by atoms with E-state index in [1.165, 1.54) is 18.6 Å². The molecule has 13 heavy (non-hydrogen) atoms. The van der Waals surface area contributed by atoms with Crippen molar-refractivity contribution < 1.29 is 15.4 Å². The van der Waals surface area contributed by atoms with E-state index in [4.69, 9.17) is 15.4 Å². The predicted octanol–water partition coefficient (Wildman–Crippen LogP) is -0.126. The summed E-state index contributed by atoms with van der Waals surface area (Å²) in [6, 6.07) is 0. The molecule has 0 unspecified atom stereocenters. The van der Waals surface area contributed by atoms with E-state index in [1.54, 1.807) is 0 Å². The van der Waals surface area contributed by atoms with Gasteiger partial charge in [0.2, 0.25) is 0 Å². The molecular formula is C8H10N2O3. The standard InChI is InChI=1S/C8H10N2O3/c11-4-6-1-9-2-7(5-12)8(6)3-10-13/h1-3,11-13H,4-5H2/b10-3+. The minimum atomic E-state index is -0.206. The highest BCUT2D eigenvalue weighted by atomic mass is 16.4. The second kappa shape index (κ2) is 4.54. The summed E-state index contributed by atoms with van der Waals surface area (Å²) in [6.45, 7) is -0.412. The highest BCUT2D eigenvalue weighted by Crippen LogP contribution is 2.11. The lowest BCUT2D eigenvalue weighted by Crippen LogP contribution is -2.01. The van der Waals surface area contributed by atoms with Crippen LogP contribution in [0.5, 0.6) is 0 Å². The maximum absolute atomic E-state index is 8.90. The maximum Gasteiger partial charge on any atom is 0.0742 e. The van der Waals surface area contributed by atoms with Gasteiger partial charge in [-0.1, -0.05) is 5.16 Å². The summed E-state index contributed by atoms with van der Waals surface area (Å²) >= 11 is 0. The number of hydrogen-bond donors (Lipinski definition) is 3. The van der Waals surface area contributed by atoms with E-state index < -0.39 is 0 Å². The summed E-state index contributed by atoms with van der Waals surface area (Å²) in [4.78, 5) is 3.81. The van der Waals surface area contributed by atoms with Crippen molar-refractivity contribution in [2.24, 2.45) is 5.16 Å². The lowest BCUT2D eigenvalue weighted by atomic mass is 10.1. The summed E-state index contributed by atoms with van der Waals surface area (Å²) in [5, 5.41) is 29.0. The molecule has 0 aliphatic rings.